The summed E-state index contributed by atoms with van der Waals surface area (Å²) in [5.41, 5.74) is -0.0346. The van der Waals surface area contributed by atoms with Crippen LogP contribution in [0.5, 0.6) is 0 Å². The molecule has 3 aliphatic rings. The Bertz CT molecular complexity index is 468. The second-order valence-electron chi connectivity index (χ2n) is 7.06. The molecule has 1 amide bonds. The second kappa shape index (κ2) is 6.77. The Morgan fingerprint density at radius 1 is 1.30 bits per heavy atom. The van der Waals surface area contributed by atoms with Gasteiger partial charge in [-0.05, 0) is 44.4 Å². The van der Waals surface area contributed by atoms with Gasteiger partial charge in [0.2, 0.25) is 0 Å². The summed E-state index contributed by atoms with van der Waals surface area (Å²) in [5, 5.41) is 0. The molecular weight excluding hydrogens is 298 g/mol. The summed E-state index contributed by atoms with van der Waals surface area (Å²) in [6.45, 7) is 2.10. The summed E-state index contributed by atoms with van der Waals surface area (Å²) in [6.07, 6.45) is 6.52. The summed E-state index contributed by atoms with van der Waals surface area (Å²) in [7, 11) is 1.60. The number of amides is 1. The molecule has 2 aliphatic heterocycles. The Labute approximate surface area is 137 Å². The van der Waals surface area contributed by atoms with E-state index in [4.69, 9.17) is 14.2 Å². The summed E-state index contributed by atoms with van der Waals surface area (Å²) in [4.78, 5) is 26.4. The van der Waals surface area contributed by atoms with Gasteiger partial charge in [-0.1, -0.05) is 6.42 Å². The summed E-state index contributed by atoms with van der Waals surface area (Å²) >= 11 is 0. The number of methoxy groups -OCH3 is 1. The average Bonchev–Trinajstić information content (AvgIpc) is 2.90. The van der Waals surface area contributed by atoms with Crippen LogP contribution < -0.4 is 0 Å². The van der Waals surface area contributed by atoms with Crippen LogP contribution in [-0.2, 0) is 23.8 Å². The van der Waals surface area contributed by atoms with E-state index in [0.29, 0.717) is 18.9 Å². The lowest BCUT2D eigenvalue weighted by molar-refractivity contribution is -0.183. The van der Waals surface area contributed by atoms with Crippen molar-refractivity contribution in [1.82, 2.24) is 4.90 Å². The average molecular weight is 325 g/mol. The highest BCUT2D eigenvalue weighted by molar-refractivity contribution is 5.85. The largest absolute Gasteiger partial charge is 0.452 e. The van der Waals surface area contributed by atoms with E-state index >= 15 is 0 Å². The maximum Gasteiger partial charge on any atom is 0.303 e. The highest BCUT2D eigenvalue weighted by Gasteiger charge is 2.58. The molecule has 0 radical (unpaired) electrons. The first-order valence-corrected chi connectivity index (χ1v) is 8.65. The highest BCUT2D eigenvalue weighted by Crippen LogP contribution is 2.52. The Kier molecular flexibility index (Phi) is 4.92. The fourth-order valence-corrected chi connectivity index (χ4v) is 5.01. The quantitative estimate of drug-likeness (QED) is 0.438. The van der Waals surface area contributed by atoms with Gasteiger partial charge in [0, 0.05) is 19.6 Å². The molecule has 6 nitrogen and oxygen atoms in total. The Balaban J connectivity index is 1.83. The van der Waals surface area contributed by atoms with Crippen molar-refractivity contribution >= 4 is 11.9 Å². The molecule has 0 aromatic rings. The topological polar surface area (TPSA) is 65.1 Å². The Hall–Kier alpha value is -1.14. The molecule has 2 heterocycles. The zero-order valence-corrected chi connectivity index (χ0v) is 14.1. The van der Waals surface area contributed by atoms with E-state index in [9.17, 15) is 9.59 Å². The van der Waals surface area contributed by atoms with E-state index in [0.717, 1.165) is 38.5 Å². The zero-order valence-electron chi connectivity index (χ0n) is 14.1. The minimum absolute atomic E-state index is 0.0240. The van der Waals surface area contributed by atoms with Crippen molar-refractivity contribution in [3.63, 3.8) is 0 Å². The first-order chi connectivity index (χ1) is 11.1. The van der Waals surface area contributed by atoms with Crippen molar-refractivity contribution in [3.8, 4) is 0 Å². The van der Waals surface area contributed by atoms with Crippen LogP contribution in [0.1, 0.15) is 51.9 Å². The van der Waals surface area contributed by atoms with Gasteiger partial charge < -0.3 is 19.1 Å². The van der Waals surface area contributed by atoms with Crippen LogP contribution in [0.25, 0.3) is 0 Å². The molecule has 0 bridgehead atoms. The van der Waals surface area contributed by atoms with Crippen molar-refractivity contribution in [2.75, 3.05) is 20.5 Å². The lowest BCUT2D eigenvalue weighted by Crippen LogP contribution is -2.67. The third kappa shape index (κ3) is 2.98. The molecule has 3 rings (SSSR count). The second-order valence-corrected chi connectivity index (χ2v) is 7.06. The number of carbonyl (C=O) groups is 2. The van der Waals surface area contributed by atoms with Crippen LogP contribution in [0.4, 0.5) is 0 Å². The van der Waals surface area contributed by atoms with Crippen molar-refractivity contribution in [3.05, 3.63) is 0 Å². The van der Waals surface area contributed by atoms with E-state index in [-0.39, 0.29) is 30.3 Å². The minimum atomic E-state index is -0.619. The molecule has 0 N–H and O–H groups in total. The van der Waals surface area contributed by atoms with Gasteiger partial charge in [-0.15, -0.1) is 0 Å². The summed E-state index contributed by atoms with van der Waals surface area (Å²) in [6, 6.07) is 0.0605. The van der Waals surface area contributed by atoms with Crippen LogP contribution in [-0.4, -0.2) is 55.0 Å². The van der Waals surface area contributed by atoms with Gasteiger partial charge in [0.25, 0.3) is 5.91 Å². The molecule has 130 valence electrons. The van der Waals surface area contributed by atoms with Crippen LogP contribution in [0.2, 0.25) is 0 Å². The molecule has 1 aliphatic carbocycles. The van der Waals surface area contributed by atoms with E-state index in [1.165, 1.54) is 6.92 Å². The van der Waals surface area contributed by atoms with Crippen molar-refractivity contribution in [2.45, 2.75) is 69.6 Å². The number of carbonyl (C=O) groups excluding carboxylic acids is 2. The molecule has 6 heteroatoms. The maximum absolute atomic E-state index is 13.0. The number of esters is 1. The lowest BCUT2D eigenvalue weighted by Gasteiger charge is -2.56. The summed E-state index contributed by atoms with van der Waals surface area (Å²) < 4.78 is 15.9. The third-order valence-corrected chi connectivity index (χ3v) is 5.75. The molecule has 0 aromatic heterocycles. The zero-order chi connectivity index (χ0) is 16.4. The molecule has 23 heavy (non-hydrogen) atoms. The predicted octanol–water partition coefficient (Wildman–Crippen LogP) is 1.86. The van der Waals surface area contributed by atoms with Gasteiger partial charge in [0.1, 0.15) is 6.79 Å². The highest BCUT2D eigenvalue weighted by atomic mass is 16.7. The number of hydrogen-bond acceptors (Lipinski definition) is 5. The minimum Gasteiger partial charge on any atom is -0.452 e. The predicted molar refractivity (Wildman–Crippen MR) is 82.6 cm³/mol. The molecule has 1 saturated carbocycles. The van der Waals surface area contributed by atoms with Gasteiger partial charge in [-0.25, -0.2) is 0 Å². The molecule has 0 aromatic carbocycles. The van der Waals surface area contributed by atoms with E-state index in [1.807, 2.05) is 4.90 Å². The Morgan fingerprint density at radius 2 is 2.04 bits per heavy atom. The number of piperidine rings is 2. The molecule has 1 spiro atoms. The number of ether oxygens (including phenoxy) is 3. The molecular formula is C17H27NO5. The fourth-order valence-electron chi connectivity index (χ4n) is 5.01. The van der Waals surface area contributed by atoms with Gasteiger partial charge in [0.15, 0.2) is 6.10 Å². The Morgan fingerprint density at radius 3 is 2.74 bits per heavy atom. The molecule has 2 saturated heterocycles. The summed E-state index contributed by atoms with van der Waals surface area (Å²) in [5.74, 6) is 0.0388. The molecule has 0 unspecified atom stereocenters. The van der Waals surface area contributed by atoms with Gasteiger partial charge >= 0.3 is 5.97 Å². The van der Waals surface area contributed by atoms with Crippen molar-refractivity contribution in [2.24, 2.45) is 5.92 Å². The third-order valence-electron chi connectivity index (χ3n) is 5.75. The normalized spacial score (nSPS) is 36.5. The molecule has 3 fully saturated rings. The van der Waals surface area contributed by atoms with Gasteiger partial charge in [-0.2, -0.15) is 0 Å². The SMILES string of the molecule is COCOC[C@H]1CCC[C@@]23CCC[C@@H]2C[C@@H](OC(C)=O)C(=O)N13. The first-order valence-electron chi connectivity index (χ1n) is 8.65. The van der Waals surface area contributed by atoms with E-state index < -0.39 is 6.10 Å². The first kappa shape index (κ1) is 16.7. The van der Waals surface area contributed by atoms with Gasteiger partial charge in [-0.3, -0.25) is 9.59 Å². The van der Waals surface area contributed by atoms with Crippen LogP contribution >= 0.6 is 0 Å². The molecule has 4 atom stereocenters. The van der Waals surface area contributed by atoms with Gasteiger partial charge in [0.05, 0.1) is 12.6 Å². The number of hydrogen-bond donors (Lipinski definition) is 0. The standard InChI is InChI=1S/C17H27NO5/c1-12(19)23-15-9-13-5-3-7-17(13)8-4-6-14(10-22-11-21-2)18(17)16(15)20/h13-15H,3-11H2,1-2H3/t13-,14-,15-,17+/m1/s1. The number of nitrogens with zero attached hydrogens (tertiary/aromatic N) is 1. The fraction of sp³-hybridized carbons (Fsp3) is 0.882. The monoisotopic (exact) mass is 325 g/mol. The number of rotatable bonds is 5. The van der Waals surface area contributed by atoms with Crippen LogP contribution in [0.3, 0.4) is 0 Å². The van der Waals surface area contributed by atoms with E-state index in [1.54, 1.807) is 7.11 Å². The maximum atomic E-state index is 13.0. The van der Waals surface area contributed by atoms with Crippen LogP contribution in [0.15, 0.2) is 0 Å². The smallest absolute Gasteiger partial charge is 0.303 e. The van der Waals surface area contributed by atoms with Crippen LogP contribution in [0, 0.1) is 5.92 Å². The van der Waals surface area contributed by atoms with Crippen molar-refractivity contribution in [1.29, 1.82) is 0 Å². The van der Waals surface area contributed by atoms with E-state index in [2.05, 4.69) is 0 Å². The lowest BCUT2D eigenvalue weighted by atomic mass is 9.71. The van der Waals surface area contributed by atoms with Crippen molar-refractivity contribution < 1.29 is 23.8 Å².